The number of nitrogens with one attached hydrogen (secondary N) is 1. The Morgan fingerprint density at radius 1 is 1.22 bits per heavy atom. The molecule has 0 saturated carbocycles. The van der Waals surface area contributed by atoms with Gasteiger partial charge in [-0.1, -0.05) is 27.7 Å². The van der Waals surface area contributed by atoms with Crippen LogP contribution < -0.4 is 5.32 Å². The molecule has 0 radical (unpaired) electrons. The Kier molecular flexibility index (Phi) is 7.77. The van der Waals surface area contributed by atoms with Crippen LogP contribution >= 0.6 is 0 Å². The van der Waals surface area contributed by atoms with Gasteiger partial charge in [0.05, 0.1) is 6.61 Å². The molecular weight excluding hydrogens is 356 g/mol. The maximum atomic E-state index is 12.9. The first-order chi connectivity index (χ1) is 12.5. The summed E-state index contributed by atoms with van der Waals surface area (Å²) in [6, 6.07) is -2.01. The van der Waals surface area contributed by atoms with Crippen molar-refractivity contribution in [2.45, 2.75) is 65.1 Å². The van der Waals surface area contributed by atoms with Crippen molar-refractivity contribution in [2.24, 2.45) is 11.8 Å². The number of carbonyl (C=O) groups excluding carboxylic acids is 3. The first kappa shape index (κ1) is 22.9. The van der Waals surface area contributed by atoms with Gasteiger partial charge in [-0.2, -0.15) is 0 Å². The predicted molar refractivity (Wildman–Crippen MR) is 95.6 cm³/mol. The average Bonchev–Trinajstić information content (AvgIpc) is 3.07. The third-order valence-corrected chi connectivity index (χ3v) is 4.81. The van der Waals surface area contributed by atoms with Gasteiger partial charge in [-0.15, -0.1) is 0 Å². The van der Waals surface area contributed by atoms with E-state index in [1.54, 1.807) is 20.8 Å². The minimum absolute atomic E-state index is 0.0122. The van der Waals surface area contributed by atoms with Crippen LogP contribution in [0.1, 0.15) is 47.5 Å². The number of esters is 1. The number of carbonyl (C=O) groups is 4. The van der Waals surface area contributed by atoms with Crippen LogP contribution in [0.4, 0.5) is 0 Å². The fourth-order valence-corrected chi connectivity index (χ4v) is 3.06. The van der Waals surface area contributed by atoms with Crippen LogP contribution in [0, 0.1) is 11.8 Å². The lowest BCUT2D eigenvalue weighted by Gasteiger charge is -2.33. The molecule has 1 heterocycles. The number of nitrogens with zero attached hydrogens (tertiary/aromatic N) is 1. The monoisotopic (exact) mass is 386 g/mol. The van der Waals surface area contributed by atoms with Gasteiger partial charge in [0.2, 0.25) is 11.5 Å². The van der Waals surface area contributed by atoms with Crippen LogP contribution in [0.25, 0.3) is 0 Å². The highest BCUT2D eigenvalue weighted by Gasteiger charge is 2.50. The summed E-state index contributed by atoms with van der Waals surface area (Å²) in [7, 11) is 0. The van der Waals surface area contributed by atoms with Crippen LogP contribution in [0.3, 0.4) is 0 Å². The van der Waals surface area contributed by atoms with E-state index >= 15 is 0 Å². The molecule has 3 atom stereocenters. The maximum absolute atomic E-state index is 12.9. The third kappa shape index (κ3) is 4.77. The Labute approximate surface area is 159 Å². The molecule has 9 nitrogen and oxygen atoms in total. The summed E-state index contributed by atoms with van der Waals surface area (Å²) in [5.41, 5.74) is -2.44. The van der Waals surface area contributed by atoms with Gasteiger partial charge in [0, 0.05) is 12.5 Å². The van der Waals surface area contributed by atoms with E-state index in [-0.39, 0.29) is 19.1 Å². The Morgan fingerprint density at radius 2 is 1.81 bits per heavy atom. The second kappa shape index (κ2) is 9.16. The van der Waals surface area contributed by atoms with Gasteiger partial charge in [0.1, 0.15) is 12.1 Å². The fraction of sp³-hybridized carbons (Fsp3) is 0.778. The molecule has 1 saturated heterocycles. The Morgan fingerprint density at radius 3 is 2.26 bits per heavy atom. The molecular formula is C18H30N2O7. The number of amides is 2. The van der Waals surface area contributed by atoms with Crippen molar-refractivity contribution in [3.63, 3.8) is 0 Å². The van der Waals surface area contributed by atoms with Crippen molar-refractivity contribution in [2.75, 3.05) is 13.2 Å². The topological polar surface area (TPSA) is 133 Å². The fourth-order valence-electron chi connectivity index (χ4n) is 3.06. The molecule has 3 N–H and O–H groups in total. The van der Waals surface area contributed by atoms with Crippen LogP contribution in [0.2, 0.25) is 0 Å². The van der Waals surface area contributed by atoms with Gasteiger partial charge < -0.3 is 25.2 Å². The minimum atomic E-state index is -2.44. The summed E-state index contributed by atoms with van der Waals surface area (Å²) >= 11 is 0. The Balaban J connectivity index is 3.07. The molecule has 0 aromatic heterocycles. The zero-order valence-electron chi connectivity index (χ0n) is 16.5. The standard InChI is InChI=1S/C18H30N2O7/c1-6-27-17(25)18(26,11(4)5)16(24)19-13(10(2)3)14(21)20-9-7-8-12(20)15(22)23/h10-13,26H,6-9H2,1-5H3,(H,19,24)(H,22,23)/t12-,13-,18+/m0/s1. The van der Waals surface area contributed by atoms with Gasteiger partial charge >= 0.3 is 11.9 Å². The highest BCUT2D eigenvalue weighted by atomic mass is 16.6. The van der Waals surface area contributed by atoms with Gasteiger partial charge in [-0.3, -0.25) is 9.59 Å². The van der Waals surface area contributed by atoms with Crippen molar-refractivity contribution < 1.29 is 34.1 Å². The Hall–Kier alpha value is -2.16. The molecule has 0 aromatic carbocycles. The smallest absolute Gasteiger partial charge is 0.348 e. The molecule has 1 rings (SSSR count). The van der Waals surface area contributed by atoms with E-state index in [1.165, 1.54) is 18.7 Å². The molecule has 0 unspecified atom stereocenters. The predicted octanol–water partition coefficient (Wildman–Crippen LogP) is 0.153. The summed E-state index contributed by atoms with van der Waals surface area (Å²) in [5.74, 6) is -4.93. The number of hydrogen-bond donors (Lipinski definition) is 3. The third-order valence-electron chi connectivity index (χ3n) is 4.81. The highest BCUT2D eigenvalue weighted by Crippen LogP contribution is 2.23. The summed E-state index contributed by atoms with van der Waals surface area (Å²) in [6.07, 6.45) is 0.902. The molecule has 2 amide bonds. The first-order valence-electron chi connectivity index (χ1n) is 9.22. The van der Waals surface area contributed by atoms with Gasteiger partial charge in [0.25, 0.3) is 5.91 Å². The molecule has 0 aliphatic carbocycles. The first-order valence-corrected chi connectivity index (χ1v) is 9.22. The number of aliphatic carboxylic acids is 1. The number of aliphatic hydroxyl groups is 1. The van der Waals surface area contributed by atoms with Crippen molar-refractivity contribution in [1.82, 2.24) is 10.2 Å². The summed E-state index contributed by atoms with van der Waals surface area (Å²) in [4.78, 5) is 50.4. The molecule has 1 aliphatic heterocycles. The van der Waals surface area contributed by atoms with E-state index < -0.39 is 47.4 Å². The highest BCUT2D eigenvalue weighted by molar-refractivity contribution is 6.07. The van der Waals surface area contributed by atoms with E-state index in [0.717, 1.165) is 0 Å². The van der Waals surface area contributed by atoms with E-state index in [9.17, 15) is 29.4 Å². The molecule has 27 heavy (non-hydrogen) atoms. The molecule has 1 fully saturated rings. The lowest BCUT2D eigenvalue weighted by molar-refractivity contribution is -0.177. The van der Waals surface area contributed by atoms with E-state index in [2.05, 4.69) is 5.32 Å². The van der Waals surface area contributed by atoms with Crippen molar-refractivity contribution in [3.05, 3.63) is 0 Å². The molecule has 9 heteroatoms. The second-order valence-electron chi connectivity index (χ2n) is 7.36. The van der Waals surface area contributed by atoms with Gasteiger partial charge in [-0.05, 0) is 25.7 Å². The second-order valence-corrected chi connectivity index (χ2v) is 7.36. The van der Waals surface area contributed by atoms with Crippen LogP contribution in [0.5, 0.6) is 0 Å². The summed E-state index contributed by atoms with van der Waals surface area (Å²) in [6.45, 7) is 8.17. The quantitative estimate of drug-likeness (QED) is 0.399. The summed E-state index contributed by atoms with van der Waals surface area (Å²) < 4.78 is 4.82. The number of rotatable bonds is 8. The van der Waals surface area contributed by atoms with Gasteiger partial charge in [-0.25, -0.2) is 9.59 Å². The number of ether oxygens (including phenoxy) is 1. The molecule has 1 aliphatic rings. The zero-order chi connectivity index (χ0) is 20.9. The lowest BCUT2D eigenvalue weighted by atomic mass is 9.88. The van der Waals surface area contributed by atoms with Crippen molar-refractivity contribution in [3.8, 4) is 0 Å². The van der Waals surface area contributed by atoms with Crippen molar-refractivity contribution in [1.29, 1.82) is 0 Å². The van der Waals surface area contributed by atoms with Crippen LogP contribution in [0.15, 0.2) is 0 Å². The Bertz CT molecular complexity index is 590. The van der Waals surface area contributed by atoms with Crippen LogP contribution in [-0.4, -0.2) is 69.7 Å². The minimum Gasteiger partial charge on any atom is -0.480 e. The normalized spacial score (nSPS) is 20.3. The maximum Gasteiger partial charge on any atom is 0.348 e. The lowest BCUT2D eigenvalue weighted by Crippen LogP contribution is -2.62. The number of carboxylic acid groups (broad SMARTS) is 1. The largest absolute Gasteiger partial charge is 0.480 e. The van der Waals surface area contributed by atoms with E-state index in [1.807, 2.05) is 0 Å². The summed E-state index contributed by atoms with van der Waals surface area (Å²) in [5, 5.41) is 22.4. The van der Waals surface area contributed by atoms with Crippen LogP contribution in [-0.2, 0) is 23.9 Å². The van der Waals surface area contributed by atoms with E-state index in [4.69, 9.17) is 4.74 Å². The number of hydrogen-bond acceptors (Lipinski definition) is 6. The van der Waals surface area contributed by atoms with E-state index in [0.29, 0.717) is 12.8 Å². The molecule has 0 aromatic rings. The molecule has 154 valence electrons. The molecule has 0 spiro atoms. The number of carboxylic acids is 1. The number of likely N-dealkylation sites (tertiary alicyclic amines) is 1. The average molecular weight is 386 g/mol. The zero-order valence-corrected chi connectivity index (χ0v) is 16.5. The SMILES string of the molecule is CCOC(=O)[C@](O)(C(=O)N[C@H](C(=O)N1CCC[C@H]1C(=O)O)C(C)C)C(C)C. The van der Waals surface area contributed by atoms with Gasteiger partial charge in [0.15, 0.2) is 0 Å². The van der Waals surface area contributed by atoms with Crippen molar-refractivity contribution >= 4 is 23.8 Å². The molecule has 0 bridgehead atoms.